The number of aryl methyl sites for hydroxylation is 1. The minimum absolute atomic E-state index is 0.00525. The van der Waals surface area contributed by atoms with Crippen LogP contribution in [0.2, 0.25) is 0 Å². The molecule has 0 unspecified atom stereocenters. The summed E-state index contributed by atoms with van der Waals surface area (Å²) in [5, 5.41) is 0. The lowest BCUT2D eigenvalue weighted by Crippen LogP contribution is -2.54. The van der Waals surface area contributed by atoms with Gasteiger partial charge in [0.15, 0.2) is 5.78 Å². The second-order valence-electron chi connectivity index (χ2n) is 16.4. The van der Waals surface area contributed by atoms with E-state index in [1.54, 1.807) is 39.3 Å². The van der Waals surface area contributed by atoms with Gasteiger partial charge in [-0.1, -0.05) is 71.4 Å². The van der Waals surface area contributed by atoms with Crippen LogP contribution in [0.1, 0.15) is 114 Å². The molecule has 1 aliphatic heterocycles. The number of amides is 2. The first-order valence-corrected chi connectivity index (χ1v) is 20.8. The fraction of sp³-hybridized carbons (Fsp3) is 0.667. The third-order valence-corrected chi connectivity index (χ3v) is 12.2. The summed E-state index contributed by atoms with van der Waals surface area (Å²) in [7, 11) is 4.95. The van der Waals surface area contributed by atoms with Crippen molar-refractivity contribution in [3.8, 4) is 0 Å². The number of carbonyl (C=O) groups excluding carboxylic acids is 5. The molecule has 2 amide bonds. The molecule has 0 radical (unpaired) electrons. The van der Waals surface area contributed by atoms with E-state index in [4.69, 9.17) is 15.2 Å². The summed E-state index contributed by atoms with van der Waals surface area (Å²) in [6.07, 6.45) is 4.51. The predicted octanol–water partition coefficient (Wildman–Crippen LogP) is 5.85. The van der Waals surface area contributed by atoms with E-state index in [1.165, 1.54) is 6.92 Å². The lowest BCUT2D eigenvalue weighted by atomic mass is 9.84. The Balaban J connectivity index is 1.78. The lowest BCUT2D eigenvalue weighted by molar-refractivity contribution is -0.148. The summed E-state index contributed by atoms with van der Waals surface area (Å²) >= 11 is 0. The molecule has 12 nitrogen and oxygen atoms in total. The summed E-state index contributed by atoms with van der Waals surface area (Å²) in [5.74, 6) is -1.29. The highest BCUT2D eigenvalue weighted by molar-refractivity contribution is 5.96. The van der Waals surface area contributed by atoms with E-state index in [0.717, 1.165) is 18.4 Å². The van der Waals surface area contributed by atoms with E-state index in [-0.39, 0.29) is 59.9 Å². The van der Waals surface area contributed by atoms with Crippen molar-refractivity contribution in [3.05, 3.63) is 59.2 Å². The summed E-state index contributed by atoms with van der Waals surface area (Å²) in [6.45, 7) is 14.2. The van der Waals surface area contributed by atoms with Crippen LogP contribution in [-0.2, 0) is 41.5 Å². The normalized spacial score (nSPS) is 18.0. The smallest absolute Gasteiger partial charge is 0.226 e. The monoisotopic (exact) mass is 792 g/mol. The van der Waals surface area contributed by atoms with Crippen LogP contribution in [0.4, 0.5) is 0 Å². The Kier molecular flexibility index (Phi) is 19.1. The molecule has 316 valence electrons. The van der Waals surface area contributed by atoms with E-state index >= 15 is 0 Å². The highest BCUT2D eigenvalue weighted by atomic mass is 16.5. The third kappa shape index (κ3) is 12.8. The van der Waals surface area contributed by atoms with Gasteiger partial charge in [0.05, 0.1) is 42.0 Å². The van der Waals surface area contributed by atoms with E-state index in [2.05, 4.69) is 23.8 Å². The van der Waals surface area contributed by atoms with Gasteiger partial charge in [-0.15, -0.1) is 0 Å². The van der Waals surface area contributed by atoms with Gasteiger partial charge < -0.3 is 25.0 Å². The van der Waals surface area contributed by atoms with E-state index < -0.39 is 36.0 Å². The number of carbonyl (C=O) groups is 5. The number of likely N-dealkylation sites (N-methyl/N-ethyl adjacent to an activating group) is 1. The van der Waals surface area contributed by atoms with Gasteiger partial charge in [0.2, 0.25) is 11.8 Å². The molecule has 0 aliphatic carbocycles. The minimum atomic E-state index is -0.595. The Morgan fingerprint density at radius 2 is 1.68 bits per heavy atom. The van der Waals surface area contributed by atoms with Crippen molar-refractivity contribution in [2.24, 2.45) is 35.3 Å². The molecule has 1 aliphatic rings. The lowest BCUT2D eigenvalue weighted by Gasteiger charge is -2.40. The summed E-state index contributed by atoms with van der Waals surface area (Å²) in [6, 6.07) is 8.98. The van der Waals surface area contributed by atoms with Gasteiger partial charge in [0.25, 0.3) is 0 Å². The van der Waals surface area contributed by atoms with Gasteiger partial charge in [-0.2, -0.15) is 0 Å². The number of Topliss-reactive ketones (excluding diaryl/α,β-unsaturated/α-hetero) is 3. The zero-order valence-electron chi connectivity index (χ0n) is 36.2. The first kappa shape index (κ1) is 47.5. The first-order chi connectivity index (χ1) is 27.1. The van der Waals surface area contributed by atoms with Gasteiger partial charge in [-0.25, -0.2) is 9.97 Å². The number of hydrogen-bond donors (Lipinski definition) is 1. The Bertz CT molecular complexity index is 1630. The number of nitrogens with zero attached hydrogens (tertiary/aromatic N) is 4. The molecular weight excluding hydrogens is 723 g/mol. The van der Waals surface area contributed by atoms with Crippen LogP contribution in [0.15, 0.2) is 36.5 Å². The predicted molar refractivity (Wildman–Crippen MR) is 221 cm³/mol. The Hall–Kier alpha value is -3.87. The second-order valence-corrected chi connectivity index (χ2v) is 16.4. The van der Waals surface area contributed by atoms with Crippen LogP contribution >= 0.6 is 0 Å². The number of aromatic nitrogens is 2. The molecule has 3 rings (SSSR count). The van der Waals surface area contributed by atoms with E-state index in [1.807, 2.05) is 56.0 Å². The van der Waals surface area contributed by atoms with Gasteiger partial charge >= 0.3 is 0 Å². The summed E-state index contributed by atoms with van der Waals surface area (Å²) in [4.78, 5) is 80.4. The van der Waals surface area contributed by atoms with Gasteiger partial charge in [-0.3, -0.25) is 24.0 Å². The van der Waals surface area contributed by atoms with Crippen LogP contribution in [0.25, 0.3) is 0 Å². The van der Waals surface area contributed by atoms with Crippen LogP contribution in [-0.4, -0.2) is 108 Å². The van der Waals surface area contributed by atoms with Crippen molar-refractivity contribution in [1.82, 2.24) is 19.8 Å². The van der Waals surface area contributed by atoms with Crippen molar-refractivity contribution in [2.45, 2.75) is 131 Å². The van der Waals surface area contributed by atoms with Gasteiger partial charge in [0.1, 0.15) is 17.4 Å². The van der Waals surface area contributed by atoms with Crippen molar-refractivity contribution >= 4 is 29.2 Å². The number of benzene rings is 1. The quantitative estimate of drug-likeness (QED) is 0.128. The molecule has 2 heterocycles. The molecule has 2 aromatic rings. The molecule has 8 atom stereocenters. The number of methoxy groups -OCH3 is 2. The fourth-order valence-corrected chi connectivity index (χ4v) is 8.38. The SMILES string of the molecule is CC[C@H](C)[C@@H]([C@@H](CC(=O)N1CCC[C@H]1[C@H](OC)[C@@H](C)C(=O)C[C@@H](Cc1ccccc1)C(C)=O)OC)N(C)C(=O)[C@@H](Cc1ncc(C(=O)CCCN)c(C)n1)C(C)C. The van der Waals surface area contributed by atoms with Crippen LogP contribution < -0.4 is 5.73 Å². The molecule has 2 N–H and O–H groups in total. The number of ketones is 3. The Labute approximate surface area is 341 Å². The second kappa shape index (κ2) is 22.9. The third-order valence-electron chi connectivity index (χ3n) is 12.2. The highest BCUT2D eigenvalue weighted by Crippen LogP contribution is 2.31. The maximum absolute atomic E-state index is 14.4. The molecule has 0 spiro atoms. The van der Waals surface area contributed by atoms with Crippen LogP contribution in [0.3, 0.4) is 0 Å². The molecule has 12 heteroatoms. The summed E-state index contributed by atoms with van der Waals surface area (Å²) in [5.41, 5.74) is 7.65. The van der Waals surface area contributed by atoms with Crippen molar-refractivity contribution in [2.75, 3.05) is 34.4 Å². The molecule has 57 heavy (non-hydrogen) atoms. The van der Waals surface area contributed by atoms with Gasteiger partial charge in [-0.05, 0) is 63.5 Å². The van der Waals surface area contributed by atoms with Crippen LogP contribution in [0.5, 0.6) is 0 Å². The van der Waals surface area contributed by atoms with Crippen molar-refractivity contribution < 1.29 is 33.4 Å². The molecule has 1 aromatic heterocycles. The number of nitrogens with two attached hydrogens (primary N) is 1. The molecule has 1 fully saturated rings. The number of ether oxygens (including phenoxy) is 2. The largest absolute Gasteiger partial charge is 0.379 e. The zero-order chi connectivity index (χ0) is 42.4. The van der Waals surface area contributed by atoms with Crippen molar-refractivity contribution in [1.29, 1.82) is 0 Å². The number of hydrogen-bond acceptors (Lipinski definition) is 10. The highest BCUT2D eigenvalue weighted by Gasteiger charge is 2.43. The molecule has 0 saturated carbocycles. The molecule has 1 aromatic carbocycles. The van der Waals surface area contributed by atoms with Crippen LogP contribution in [0, 0.1) is 36.5 Å². The maximum atomic E-state index is 14.4. The van der Waals surface area contributed by atoms with Gasteiger partial charge in [0, 0.05) is 71.0 Å². The Morgan fingerprint density at radius 1 is 1.00 bits per heavy atom. The van der Waals surface area contributed by atoms with E-state index in [9.17, 15) is 24.0 Å². The minimum Gasteiger partial charge on any atom is -0.379 e. The molecular formula is C45H69N5O7. The summed E-state index contributed by atoms with van der Waals surface area (Å²) < 4.78 is 12.1. The zero-order valence-corrected chi connectivity index (χ0v) is 36.2. The fourth-order valence-electron chi connectivity index (χ4n) is 8.38. The molecule has 0 bridgehead atoms. The van der Waals surface area contributed by atoms with E-state index in [0.29, 0.717) is 62.3 Å². The van der Waals surface area contributed by atoms with Crippen molar-refractivity contribution in [3.63, 3.8) is 0 Å². The number of likely N-dealkylation sites (tertiary alicyclic amines) is 1. The number of rotatable bonds is 24. The first-order valence-electron chi connectivity index (χ1n) is 20.8. The average molecular weight is 792 g/mol. The average Bonchev–Trinajstić information content (AvgIpc) is 3.68. The molecule has 1 saturated heterocycles. The maximum Gasteiger partial charge on any atom is 0.226 e. The standard InChI is InChI=1S/C45H69N5O7/c1-11-29(4)43(49(8)45(55)35(28(2)3)25-41-47-27-36(31(6)48-41)38(52)20-15-21-46)40(56-9)26-42(54)50-22-16-19-37(50)44(57-10)30(5)39(53)24-34(32(7)51)23-33-17-13-12-14-18-33/h12-14,17-18,27-30,34-35,37,40,43-44H,11,15-16,19-26,46H2,1-10H3/t29-,30-,34+,35-,37-,40+,43-,44+/m0/s1. The topological polar surface area (TPSA) is 162 Å². The Morgan fingerprint density at radius 3 is 2.25 bits per heavy atom.